The second-order valence-corrected chi connectivity index (χ2v) is 8.94. The molecular formula is C24H27N3O4S. The molecule has 0 N–H and O–H groups in total. The molecule has 0 saturated carbocycles. The molecule has 2 saturated heterocycles. The van der Waals surface area contributed by atoms with Gasteiger partial charge in [0.1, 0.15) is 12.3 Å². The third-order valence-electron chi connectivity index (χ3n) is 5.79. The van der Waals surface area contributed by atoms with E-state index in [2.05, 4.69) is 4.57 Å². The number of likely N-dealkylation sites (tertiary alicyclic amines) is 1. The normalized spacial score (nSPS) is 17.7. The van der Waals surface area contributed by atoms with Gasteiger partial charge in [-0.3, -0.25) is 19.3 Å². The first-order chi connectivity index (χ1) is 15.4. The minimum absolute atomic E-state index is 0.167. The molecule has 0 unspecified atom stereocenters. The second-order valence-electron chi connectivity index (χ2n) is 7.94. The van der Waals surface area contributed by atoms with Crippen molar-refractivity contribution in [2.24, 2.45) is 0 Å². The number of aryl methyl sites for hydroxylation is 1. The fourth-order valence-electron chi connectivity index (χ4n) is 4.17. The van der Waals surface area contributed by atoms with E-state index in [4.69, 9.17) is 4.74 Å². The smallest absolute Gasteiger partial charge is 0.294 e. The molecule has 0 atom stereocenters. The van der Waals surface area contributed by atoms with Crippen LogP contribution in [-0.4, -0.2) is 57.7 Å². The van der Waals surface area contributed by atoms with Gasteiger partial charge in [-0.2, -0.15) is 0 Å². The average Bonchev–Trinajstić information content (AvgIpc) is 3.46. The Hall–Kier alpha value is -3.00. The van der Waals surface area contributed by atoms with Crippen LogP contribution in [0.4, 0.5) is 4.79 Å². The number of ether oxygens (including phenoxy) is 1. The number of hydrogen-bond acceptors (Lipinski definition) is 5. The van der Waals surface area contributed by atoms with E-state index in [1.165, 1.54) is 0 Å². The van der Waals surface area contributed by atoms with E-state index in [0.29, 0.717) is 24.6 Å². The summed E-state index contributed by atoms with van der Waals surface area (Å²) in [5, 5.41) is -0.394. The minimum atomic E-state index is -0.404. The Labute approximate surface area is 192 Å². The maximum Gasteiger partial charge on any atom is 0.294 e. The lowest BCUT2D eigenvalue weighted by atomic mass is 10.2. The number of benzene rings is 1. The molecule has 2 aromatic rings. The third kappa shape index (κ3) is 4.32. The summed E-state index contributed by atoms with van der Waals surface area (Å²) in [6.07, 6.45) is 3.69. The molecule has 4 rings (SSSR count). The molecule has 1 aromatic heterocycles. The fourth-order valence-corrected chi connectivity index (χ4v) is 5.00. The van der Waals surface area contributed by atoms with Crippen LogP contribution in [0.25, 0.3) is 11.8 Å². The van der Waals surface area contributed by atoms with E-state index in [1.54, 1.807) is 11.0 Å². The standard InChI is InChI=1S/C24H27N3O4S/c1-4-31-20-9-7-19(8-10-20)27-16(2)13-18(17(27)3)14-21-23(29)26(24(30)32-21)15-22(28)25-11-5-6-12-25/h7-10,13-14H,4-6,11-12,15H2,1-3H3/b21-14+. The van der Waals surface area contributed by atoms with Crippen LogP contribution >= 0.6 is 11.8 Å². The van der Waals surface area contributed by atoms with Gasteiger partial charge in [0, 0.05) is 30.2 Å². The van der Waals surface area contributed by atoms with Crippen LogP contribution in [0.3, 0.4) is 0 Å². The number of thioether (sulfide) groups is 1. The molecule has 2 aliphatic rings. The van der Waals surface area contributed by atoms with Crippen LogP contribution in [0.5, 0.6) is 5.75 Å². The summed E-state index contributed by atoms with van der Waals surface area (Å²) in [7, 11) is 0. The van der Waals surface area contributed by atoms with Gasteiger partial charge in [0.05, 0.1) is 11.5 Å². The van der Waals surface area contributed by atoms with Crippen molar-refractivity contribution in [3.05, 3.63) is 52.2 Å². The van der Waals surface area contributed by atoms with E-state index in [-0.39, 0.29) is 12.5 Å². The van der Waals surface area contributed by atoms with E-state index >= 15 is 0 Å². The van der Waals surface area contributed by atoms with Crippen LogP contribution in [0.15, 0.2) is 35.2 Å². The summed E-state index contributed by atoms with van der Waals surface area (Å²) < 4.78 is 7.62. The predicted molar refractivity (Wildman–Crippen MR) is 125 cm³/mol. The molecule has 2 aliphatic heterocycles. The van der Waals surface area contributed by atoms with Crippen molar-refractivity contribution < 1.29 is 19.1 Å². The Morgan fingerprint density at radius 2 is 1.81 bits per heavy atom. The van der Waals surface area contributed by atoms with Crippen molar-refractivity contribution in [3.63, 3.8) is 0 Å². The van der Waals surface area contributed by atoms with Gasteiger partial charge >= 0.3 is 0 Å². The van der Waals surface area contributed by atoms with Gasteiger partial charge in [-0.05, 0) is 87.3 Å². The van der Waals surface area contributed by atoms with Gasteiger partial charge in [0.15, 0.2) is 0 Å². The van der Waals surface area contributed by atoms with E-state index in [0.717, 1.165) is 57.9 Å². The second kappa shape index (κ2) is 9.24. The van der Waals surface area contributed by atoms with Gasteiger partial charge in [-0.1, -0.05) is 0 Å². The Morgan fingerprint density at radius 1 is 1.12 bits per heavy atom. The van der Waals surface area contributed by atoms with Crippen molar-refractivity contribution in [2.45, 2.75) is 33.6 Å². The maximum atomic E-state index is 12.9. The lowest BCUT2D eigenvalue weighted by Crippen LogP contribution is -2.40. The molecule has 0 radical (unpaired) electrons. The molecule has 3 heterocycles. The van der Waals surface area contributed by atoms with E-state index in [9.17, 15) is 14.4 Å². The topological polar surface area (TPSA) is 71.8 Å². The number of nitrogens with zero attached hydrogens (tertiary/aromatic N) is 3. The number of rotatable bonds is 6. The zero-order valence-corrected chi connectivity index (χ0v) is 19.4. The lowest BCUT2D eigenvalue weighted by molar-refractivity contribution is -0.135. The molecule has 0 aliphatic carbocycles. The van der Waals surface area contributed by atoms with Crippen molar-refractivity contribution in [1.82, 2.24) is 14.4 Å². The highest BCUT2D eigenvalue weighted by Gasteiger charge is 2.37. The highest BCUT2D eigenvalue weighted by atomic mass is 32.2. The van der Waals surface area contributed by atoms with Crippen molar-refractivity contribution in [3.8, 4) is 11.4 Å². The minimum Gasteiger partial charge on any atom is -0.494 e. The number of carbonyl (C=O) groups is 3. The average molecular weight is 454 g/mol. The Balaban J connectivity index is 1.55. The zero-order chi connectivity index (χ0) is 22.8. The third-order valence-corrected chi connectivity index (χ3v) is 6.70. The lowest BCUT2D eigenvalue weighted by Gasteiger charge is -2.18. The van der Waals surface area contributed by atoms with E-state index in [1.807, 2.05) is 51.1 Å². The fraction of sp³-hybridized carbons (Fsp3) is 0.375. The van der Waals surface area contributed by atoms with Crippen molar-refractivity contribution in [1.29, 1.82) is 0 Å². The SMILES string of the molecule is CCOc1ccc(-n2c(C)cc(/C=C3/SC(=O)N(CC(=O)N4CCCC4)C3=O)c2C)cc1. The molecule has 1 aromatic carbocycles. The predicted octanol–water partition coefficient (Wildman–Crippen LogP) is 4.15. The largest absolute Gasteiger partial charge is 0.494 e. The number of imide groups is 1. The van der Waals surface area contributed by atoms with Gasteiger partial charge in [-0.25, -0.2) is 0 Å². The highest BCUT2D eigenvalue weighted by molar-refractivity contribution is 8.18. The first-order valence-electron chi connectivity index (χ1n) is 10.8. The quantitative estimate of drug-likeness (QED) is 0.615. The summed E-state index contributed by atoms with van der Waals surface area (Å²) in [5.41, 5.74) is 3.84. The molecule has 3 amide bonds. The van der Waals surface area contributed by atoms with Gasteiger partial charge in [0.25, 0.3) is 11.1 Å². The van der Waals surface area contributed by atoms with Crippen molar-refractivity contribution in [2.75, 3.05) is 26.2 Å². The van der Waals surface area contributed by atoms with Gasteiger partial charge in [-0.15, -0.1) is 0 Å². The summed E-state index contributed by atoms with van der Waals surface area (Å²) in [6, 6.07) is 9.84. The highest BCUT2D eigenvalue weighted by Crippen LogP contribution is 2.34. The molecule has 7 nitrogen and oxygen atoms in total. The monoisotopic (exact) mass is 453 g/mol. The molecule has 168 valence electrons. The van der Waals surface area contributed by atoms with Crippen LogP contribution in [0.2, 0.25) is 0 Å². The molecule has 8 heteroatoms. The van der Waals surface area contributed by atoms with Crippen LogP contribution in [-0.2, 0) is 9.59 Å². The number of carbonyl (C=O) groups excluding carboxylic acids is 3. The first kappa shape index (κ1) is 22.2. The first-order valence-corrected chi connectivity index (χ1v) is 11.7. The maximum absolute atomic E-state index is 12.9. The Bertz CT molecular complexity index is 1080. The molecule has 2 fully saturated rings. The molecule has 32 heavy (non-hydrogen) atoms. The number of aromatic nitrogens is 1. The molecule has 0 spiro atoms. The van der Waals surface area contributed by atoms with Gasteiger partial charge in [0.2, 0.25) is 5.91 Å². The van der Waals surface area contributed by atoms with E-state index < -0.39 is 11.1 Å². The molecule has 0 bridgehead atoms. The van der Waals surface area contributed by atoms with Gasteiger partial charge < -0.3 is 14.2 Å². The summed E-state index contributed by atoms with van der Waals surface area (Å²) in [5.74, 6) is 0.245. The summed E-state index contributed by atoms with van der Waals surface area (Å²) >= 11 is 0.890. The van der Waals surface area contributed by atoms with Crippen molar-refractivity contribution >= 4 is 34.9 Å². The Morgan fingerprint density at radius 3 is 2.47 bits per heavy atom. The zero-order valence-electron chi connectivity index (χ0n) is 18.6. The number of amides is 3. The summed E-state index contributed by atoms with van der Waals surface area (Å²) in [6.45, 7) is 7.75. The number of hydrogen-bond donors (Lipinski definition) is 0. The summed E-state index contributed by atoms with van der Waals surface area (Å²) in [4.78, 5) is 40.8. The van der Waals surface area contributed by atoms with Crippen LogP contribution < -0.4 is 4.74 Å². The Kier molecular flexibility index (Phi) is 6.41. The van der Waals surface area contributed by atoms with Crippen LogP contribution in [0.1, 0.15) is 36.7 Å². The van der Waals surface area contributed by atoms with Crippen LogP contribution in [0, 0.1) is 13.8 Å². The molecular weight excluding hydrogens is 426 g/mol.